The predicted octanol–water partition coefficient (Wildman–Crippen LogP) is 6.94. The van der Waals surface area contributed by atoms with Gasteiger partial charge in [0, 0.05) is 47.9 Å². The normalized spacial score (nSPS) is 11.1. The highest BCUT2D eigenvalue weighted by Crippen LogP contribution is 2.42. The summed E-state index contributed by atoms with van der Waals surface area (Å²) in [5.74, 6) is 0.514. The largest absolute Gasteiger partial charge is 0.496 e. The first-order chi connectivity index (χ1) is 19.9. The van der Waals surface area contributed by atoms with Crippen molar-refractivity contribution < 1.29 is 27.6 Å². The molecule has 4 aromatic carbocycles. The number of ether oxygens (including phenoxy) is 1. The maximum Gasteiger partial charge on any atom is 0.255 e. The molecule has 0 atom stereocenters. The number of nitrogens with one attached hydrogen (secondary N) is 2. The number of furan rings is 1. The van der Waals surface area contributed by atoms with Crippen molar-refractivity contribution in [2.45, 2.75) is 0 Å². The number of amides is 1. The van der Waals surface area contributed by atoms with Gasteiger partial charge in [0.15, 0.2) is 5.58 Å². The van der Waals surface area contributed by atoms with Gasteiger partial charge in [-0.15, -0.1) is 0 Å². The molecule has 2 aromatic heterocycles. The Labute approximate surface area is 233 Å². The van der Waals surface area contributed by atoms with E-state index < -0.39 is 0 Å². The molecule has 0 spiro atoms. The number of aromatic nitrogens is 1. The van der Waals surface area contributed by atoms with Gasteiger partial charge in [-0.1, -0.05) is 6.07 Å². The number of fused-ring (bicyclic) bond motifs is 2. The van der Waals surface area contributed by atoms with Gasteiger partial charge in [-0.25, -0.2) is 9.37 Å². The second-order valence-corrected chi connectivity index (χ2v) is 9.32. The lowest BCUT2D eigenvalue weighted by atomic mass is 9.97. The highest BCUT2D eigenvalue weighted by atomic mass is 19.1. The number of benzene rings is 4. The molecule has 2 N–H and O–H groups in total. The Hall–Kier alpha value is -5.44. The Morgan fingerprint density at radius 2 is 1.68 bits per heavy atom. The van der Waals surface area contributed by atoms with Crippen LogP contribution in [0, 0.1) is 5.82 Å². The molecule has 0 aliphatic carbocycles. The van der Waals surface area contributed by atoms with Crippen LogP contribution < -0.4 is 15.4 Å². The molecule has 0 saturated carbocycles. The van der Waals surface area contributed by atoms with Crippen molar-refractivity contribution in [2.24, 2.45) is 0 Å². The number of anilines is 1. The van der Waals surface area contributed by atoms with Crippen LogP contribution >= 0.6 is 0 Å². The number of aldehydes is 1. The van der Waals surface area contributed by atoms with Crippen LogP contribution in [0.3, 0.4) is 0 Å². The molecule has 9 heteroatoms. The fourth-order valence-electron chi connectivity index (χ4n) is 4.92. The Bertz CT molecular complexity index is 1960. The summed E-state index contributed by atoms with van der Waals surface area (Å²) in [5.41, 5.74) is 5.97. The van der Waals surface area contributed by atoms with E-state index >= 15 is 0 Å². The molecule has 41 heavy (non-hydrogen) atoms. The molecule has 2 heterocycles. The minimum atomic E-state index is -0.385. The molecule has 0 saturated heterocycles. The summed E-state index contributed by atoms with van der Waals surface area (Å²) in [4.78, 5) is 28.9. The van der Waals surface area contributed by atoms with Crippen molar-refractivity contribution in [3.8, 4) is 39.7 Å². The van der Waals surface area contributed by atoms with Gasteiger partial charge in [-0.05, 0) is 66.2 Å². The average Bonchev–Trinajstić information content (AvgIpc) is 3.61. The summed E-state index contributed by atoms with van der Waals surface area (Å²) in [6, 6.07) is 20.2. The third-order valence-electron chi connectivity index (χ3n) is 6.95. The topological polar surface area (TPSA) is 107 Å². The fraction of sp³-hybridized carbons (Fsp3) is 0.0938. The van der Waals surface area contributed by atoms with Crippen LogP contribution in [0.25, 0.3) is 56.0 Å². The highest BCUT2D eigenvalue weighted by molar-refractivity contribution is 6.13. The van der Waals surface area contributed by atoms with Gasteiger partial charge in [-0.2, -0.15) is 0 Å². The summed E-state index contributed by atoms with van der Waals surface area (Å²) >= 11 is 0. The Kier molecular flexibility index (Phi) is 6.47. The first-order valence-corrected chi connectivity index (χ1v) is 12.7. The maximum atomic E-state index is 13.6. The molecule has 0 aliphatic rings. The van der Waals surface area contributed by atoms with Crippen LogP contribution in [0.4, 0.5) is 10.1 Å². The molecule has 8 nitrogen and oxygen atoms in total. The van der Waals surface area contributed by atoms with E-state index in [0.29, 0.717) is 61.7 Å². The Morgan fingerprint density at radius 1 is 0.902 bits per heavy atom. The lowest BCUT2D eigenvalue weighted by Crippen LogP contribution is -2.18. The lowest BCUT2D eigenvalue weighted by molar-refractivity contribution is 0.0964. The van der Waals surface area contributed by atoms with Gasteiger partial charge < -0.3 is 24.2 Å². The summed E-state index contributed by atoms with van der Waals surface area (Å²) in [6.07, 6.45) is 0.759. The molecule has 0 aliphatic heterocycles. The quantitative estimate of drug-likeness (QED) is 0.208. The molecule has 0 unspecified atom stereocenters. The fourth-order valence-corrected chi connectivity index (χ4v) is 4.92. The van der Waals surface area contributed by atoms with E-state index in [2.05, 4.69) is 15.6 Å². The van der Waals surface area contributed by atoms with Gasteiger partial charge in [0.05, 0.1) is 18.2 Å². The van der Waals surface area contributed by atoms with Crippen LogP contribution in [0.2, 0.25) is 0 Å². The molecule has 0 bridgehead atoms. The van der Waals surface area contributed by atoms with Crippen LogP contribution in [-0.4, -0.2) is 38.4 Å². The van der Waals surface area contributed by atoms with Gasteiger partial charge in [0.2, 0.25) is 5.89 Å². The monoisotopic (exact) mass is 549 g/mol. The molecule has 204 valence electrons. The van der Waals surface area contributed by atoms with Crippen molar-refractivity contribution in [3.05, 3.63) is 89.7 Å². The number of rotatable bonds is 7. The zero-order chi connectivity index (χ0) is 28.7. The summed E-state index contributed by atoms with van der Waals surface area (Å²) in [6.45, 7) is 0. The standard InChI is InChI=1S/C32H24FN3O5/c1-34-24-15-28-22(29(31(38)35-2)30(40-28)18-5-8-20(33)9-6-18)14-21(24)19-7-11-26(39-3)23(13-19)32-36-25-12-17(16-37)4-10-27(25)41-32/h4-16,34H,1-3H3,(H,35,38). The number of carbonyl (C=O) groups is 2. The van der Waals surface area contributed by atoms with Crippen LogP contribution in [0.5, 0.6) is 5.75 Å². The van der Waals surface area contributed by atoms with E-state index in [4.69, 9.17) is 13.6 Å². The van der Waals surface area contributed by atoms with Crippen molar-refractivity contribution >= 4 is 39.9 Å². The first kappa shape index (κ1) is 25.8. The number of methoxy groups -OCH3 is 1. The van der Waals surface area contributed by atoms with E-state index in [1.54, 1.807) is 51.5 Å². The van der Waals surface area contributed by atoms with E-state index in [1.165, 1.54) is 12.1 Å². The number of hydrogen-bond acceptors (Lipinski definition) is 7. The third kappa shape index (κ3) is 4.47. The molecule has 0 fully saturated rings. The summed E-state index contributed by atoms with van der Waals surface area (Å²) < 4.78 is 31.4. The SMILES string of the molecule is CNC(=O)c1c(-c2ccc(F)cc2)oc2cc(NC)c(-c3ccc(OC)c(-c4nc5cc(C=O)ccc5o4)c3)cc12. The molecule has 1 amide bonds. The van der Waals surface area contributed by atoms with Crippen molar-refractivity contribution in [3.63, 3.8) is 0 Å². The molecule has 6 rings (SSSR count). The Balaban J connectivity index is 1.55. The average molecular weight is 550 g/mol. The van der Waals surface area contributed by atoms with Crippen LogP contribution in [0.1, 0.15) is 20.7 Å². The minimum absolute atomic E-state index is 0.331. The summed E-state index contributed by atoms with van der Waals surface area (Å²) in [7, 11) is 4.91. The number of halogens is 1. The molecule has 6 aromatic rings. The smallest absolute Gasteiger partial charge is 0.255 e. The third-order valence-corrected chi connectivity index (χ3v) is 6.95. The molecular weight excluding hydrogens is 525 g/mol. The van der Waals surface area contributed by atoms with Gasteiger partial charge in [0.25, 0.3) is 5.91 Å². The van der Waals surface area contributed by atoms with E-state index in [1.807, 2.05) is 30.3 Å². The zero-order valence-electron chi connectivity index (χ0n) is 22.4. The van der Waals surface area contributed by atoms with Crippen LogP contribution in [-0.2, 0) is 0 Å². The van der Waals surface area contributed by atoms with E-state index in [-0.39, 0.29) is 11.7 Å². The zero-order valence-corrected chi connectivity index (χ0v) is 22.4. The van der Waals surface area contributed by atoms with Gasteiger partial charge >= 0.3 is 0 Å². The molecule has 0 radical (unpaired) electrons. The van der Waals surface area contributed by atoms with Gasteiger partial charge in [0.1, 0.15) is 34.7 Å². The Morgan fingerprint density at radius 3 is 2.39 bits per heavy atom. The minimum Gasteiger partial charge on any atom is -0.496 e. The number of nitrogens with zero attached hydrogens (tertiary/aromatic N) is 1. The maximum absolute atomic E-state index is 13.6. The molecular formula is C32H24FN3O5. The second kappa shape index (κ2) is 10.3. The van der Waals surface area contributed by atoms with E-state index in [0.717, 1.165) is 23.1 Å². The van der Waals surface area contributed by atoms with Crippen molar-refractivity contribution in [1.29, 1.82) is 0 Å². The summed E-state index contributed by atoms with van der Waals surface area (Å²) in [5, 5.41) is 6.50. The lowest BCUT2D eigenvalue weighted by Gasteiger charge is -2.13. The number of carbonyl (C=O) groups excluding carboxylic acids is 2. The van der Waals surface area contributed by atoms with E-state index in [9.17, 15) is 14.0 Å². The highest BCUT2D eigenvalue weighted by Gasteiger charge is 2.24. The second-order valence-electron chi connectivity index (χ2n) is 9.32. The predicted molar refractivity (Wildman–Crippen MR) is 155 cm³/mol. The number of hydrogen-bond donors (Lipinski definition) is 2. The van der Waals surface area contributed by atoms with Gasteiger partial charge in [-0.3, -0.25) is 9.59 Å². The van der Waals surface area contributed by atoms with Crippen LogP contribution in [0.15, 0.2) is 81.6 Å². The van der Waals surface area contributed by atoms with Crippen molar-refractivity contribution in [1.82, 2.24) is 10.3 Å². The first-order valence-electron chi connectivity index (χ1n) is 12.7. The van der Waals surface area contributed by atoms with Crippen molar-refractivity contribution in [2.75, 3.05) is 26.5 Å². The number of oxazole rings is 1.